The molecule has 37 heavy (non-hydrogen) atoms. The fourth-order valence-electron chi connectivity index (χ4n) is 5.45. The summed E-state index contributed by atoms with van der Waals surface area (Å²) in [7, 11) is 0. The van der Waals surface area contributed by atoms with Gasteiger partial charge in [0.15, 0.2) is 0 Å². The molecule has 0 aromatic heterocycles. The highest BCUT2D eigenvalue weighted by molar-refractivity contribution is 9.10. The van der Waals surface area contributed by atoms with E-state index in [1.165, 1.54) is 17.3 Å². The molecule has 2 saturated heterocycles. The Morgan fingerprint density at radius 2 is 1.51 bits per heavy atom. The zero-order valence-corrected chi connectivity index (χ0v) is 22.4. The minimum Gasteiger partial charge on any atom is -0.507 e. The van der Waals surface area contributed by atoms with Gasteiger partial charge in [0.1, 0.15) is 5.75 Å². The van der Waals surface area contributed by atoms with Crippen molar-refractivity contribution in [1.29, 1.82) is 0 Å². The smallest absolute Gasteiger partial charge is 0.259 e. The van der Waals surface area contributed by atoms with Crippen molar-refractivity contribution in [3.63, 3.8) is 0 Å². The zero-order chi connectivity index (χ0) is 25.8. The van der Waals surface area contributed by atoms with Gasteiger partial charge in [-0.1, -0.05) is 46.3 Å². The number of amides is 2. The molecule has 3 aromatic carbocycles. The third kappa shape index (κ3) is 5.99. The van der Waals surface area contributed by atoms with Gasteiger partial charge >= 0.3 is 0 Å². The predicted molar refractivity (Wildman–Crippen MR) is 150 cm³/mol. The summed E-state index contributed by atoms with van der Waals surface area (Å²) >= 11 is 3.28. The van der Waals surface area contributed by atoms with E-state index in [1.807, 2.05) is 18.2 Å². The monoisotopic (exact) mass is 561 g/mol. The van der Waals surface area contributed by atoms with Gasteiger partial charge < -0.3 is 20.2 Å². The maximum absolute atomic E-state index is 13.2. The summed E-state index contributed by atoms with van der Waals surface area (Å²) in [5.74, 6) is 0.444. The summed E-state index contributed by atoms with van der Waals surface area (Å²) in [4.78, 5) is 30.2. The molecule has 2 N–H and O–H groups in total. The molecule has 2 heterocycles. The molecule has 5 rings (SSSR count). The second-order valence-corrected chi connectivity index (χ2v) is 10.8. The molecule has 0 radical (unpaired) electrons. The second-order valence-electron chi connectivity index (χ2n) is 9.93. The molecular weight excluding hydrogens is 530 g/mol. The molecule has 6 nitrogen and oxygen atoms in total. The molecule has 192 valence electrons. The number of carbonyl (C=O) groups excluding carboxylic acids is 2. The molecular formula is C30H32BrN3O3. The number of para-hydroxylation sites is 1. The summed E-state index contributed by atoms with van der Waals surface area (Å²) in [5.41, 5.74) is 3.39. The summed E-state index contributed by atoms with van der Waals surface area (Å²) in [6.45, 7) is 3.45. The average molecular weight is 563 g/mol. The number of likely N-dealkylation sites (tertiary alicyclic amines) is 1. The minimum absolute atomic E-state index is 0.0634. The Balaban J connectivity index is 1.10. The third-order valence-electron chi connectivity index (χ3n) is 7.62. The number of carbonyl (C=O) groups is 2. The first-order valence-electron chi connectivity index (χ1n) is 13.0. The molecule has 0 bridgehead atoms. The van der Waals surface area contributed by atoms with Crippen LogP contribution in [0.3, 0.4) is 0 Å². The van der Waals surface area contributed by atoms with Crippen molar-refractivity contribution in [2.45, 2.75) is 31.6 Å². The van der Waals surface area contributed by atoms with Crippen molar-refractivity contribution in [3.05, 3.63) is 88.4 Å². The van der Waals surface area contributed by atoms with Crippen LogP contribution in [0.25, 0.3) is 0 Å². The highest BCUT2D eigenvalue weighted by Crippen LogP contribution is 2.31. The lowest BCUT2D eigenvalue weighted by molar-refractivity contribution is -0.137. The molecule has 0 aliphatic carbocycles. The van der Waals surface area contributed by atoms with E-state index in [0.29, 0.717) is 22.0 Å². The summed E-state index contributed by atoms with van der Waals surface area (Å²) in [6.07, 6.45) is 3.73. The normalized spacial score (nSPS) is 17.0. The first kappa shape index (κ1) is 25.3. The Kier molecular flexibility index (Phi) is 7.79. The van der Waals surface area contributed by atoms with Crippen LogP contribution in [0, 0.1) is 5.92 Å². The molecule has 0 spiro atoms. The quantitative estimate of drug-likeness (QED) is 0.399. The molecule has 2 amide bonds. The topological polar surface area (TPSA) is 72.9 Å². The number of aromatic hydroxyl groups is 1. The lowest BCUT2D eigenvalue weighted by Gasteiger charge is -2.38. The van der Waals surface area contributed by atoms with Crippen LogP contribution in [0.15, 0.2) is 77.3 Å². The number of rotatable bonds is 5. The van der Waals surface area contributed by atoms with Gasteiger partial charge in [0.05, 0.1) is 5.56 Å². The van der Waals surface area contributed by atoms with Crippen LogP contribution in [0.4, 0.5) is 11.4 Å². The Morgan fingerprint density at radius 3 is 2.16 bits per heavy atom. The largest absolute Gasteiger partial charge is 0.507 e. The Hall–Kier alpha value is -3.32. The van der Waals surface area contributed by atoms with Gasteiger partial charge in [-0.15, -0.1) is 0 Å². The minimum atomic E-state index is -0.348. The van der Waals surface area contributed by atoms with Crippen molar-refractivity contribution in [1.82, 2.24) is 4.90 Å². The SMILES string of the molecule is O=C(Nc1ccc(C2CCN(C(=O)C3CCN(c4ccccc4)CC3)CC2)cc1)c1ccc(Br)cc1O. The maximum Gasteiger partial charge on any atom is 0.259 e. The molecule has 2 fully saturated rings. The summed E-state index contributed by atoms with van der Waals surface area (Å²) in [6, 6.07) is 23.2. The highest BCUT2D eigenvalue weighted by atomic mass is 79.9. The van der Waals surface area contributed by atoms with Crippen molar-refractivity contribution in [3.8, 4) is 5.75 Å². The van der Waals surface area contributed by atoms with Gasteiger partial charge in [0.2, 0.25) is 5.91 Å². The second kappa shape index (κ2) is 11.4. The summed E-state index contributed by atoms with van der Waals surface area (Å²) in [5, 5.41) is 12.9. The standard InChI is InChI=1S/C30H32BrN3O3/c31-24-8-11-27(28(35)20-24)29(36)32-25-9-6-21(7-10-25)22-12-18-34(19-13-22)30(37)23-14-16-33(17-15-23)26-4-2-1-3-5-26/h1-11,20,22-23,35H,12-19H2,(H,32,36). The van der Waals surface area contributed by atoms with E-state index in [4.69, 9.17) is 0 Å². The zero-order valence-electron chi connectivity index (χ0n) is 20.8. The molecule has 0 saturated carbocycles. The Labute approximate surface area is 226 Å². The van der Waals surface area contributed by atoms with Crippen molar-refractivity contribution >= 4 is 39.1 Å². The molecule has 2 aliphatic rings. The lowest BCUT2D eigenvalue weighted by Crippen LogP contribution is -2.45. The van der Waals surface area contributed by atoms with E-state index in [2.05, 4.69) is 67.4 Å². The van der Waals surface area contributed by atoms with E-state index in [9.17, 15) is 14.7 Å². The first-order chi connectivity index (χ1) is 18.0. The number of nitrogens with zero attached hydrogens (tertiary/aromatic N) is 2. The van der Waals surface area contributed by atoms with E-state index >= 15 is 0 Å². The molecule has 0 unspecified atom stereocenters. The van der Waals surface area contributed by atoms with Gasteiger partial charge in [0, 0.05) is 47.9 Å². The number of halogens is 1. The number of anilines is 2. The number of hydrogen-bond donors (Lipinski definition) is 2. The van der Waals surface area contributed by atoms with Gasteiger partial charge in [-0.2, -0.15) is 0 Å². The van der Waals surface area contributed by atoms with Crippen LogP contribution in [0.1, 0.15) is 47.5 Å². The molecule has 2 aliphatic heterocycles. The summed E-state index contributed by atoms with van der Waals surface area (Å²) < 4.78 is 0.715. The van der Waals surface area contributed by atoms with Crippen LogP contribution < -0.4 is 10.2 Å². The predicted octanol–water partition coefficient (Wildman–Crippen LogP) is 6.03. The molecule has 0 atom stereocenters. The number of hydrogen-bond acceptors (Lipinski definition) is 4. The van der Waals surface area contributed by atoms with Gasteiger partial charge in [0.25, 0.3) is 5.91 Å². The third-order valence-corrected chi connectivity index (χ3v) is 8.11. The van der Waals surface area contributed by atoms with Crippen LogP contribution in [-0.4, -0.2) is 48.0 Å². The Morgan fingerprint density at radius 1 is 0.838 bits per heavy atom. The molecule has 7 heteroatoms. The van der Waals surface area contributed by atoms with Crippen molar-refractivity contribution < 1.29 is 14.7 Å². The van der Waals surface area contributed by atoms with Gasteiger partial charge in [-0.05, 0) is 79.6 Å². The van der Waals surface area contributed by atoms with Crippen LogP contribution in [0.2, 0.25) is 0 Å². The van der Waals surface area contributed by atoms with Crippen molar-refractivity contribution in [2.24, 2.45) is 5.92 Å². The van der Waals surface area contributed by atoms with E-state index < -0.39 is 0 Å². The number of phenolic OH excluding ortho intramolecular Hbond substituents is 1. The number of phenols is 1. The van der Waals surface area contributed by atoms with Gasteiger partial charge in [-0.3, -0.25) is 9.59 Å². The lowest BCUT2D eigenvalue weighted by atomic mass is 9.88. The van der Waals surface area contributed by atoms with Crippen LogP contribution >= 0.6 is 15.9 Å². The number of benzene rings is 3. The van der Waals surface area contributed by atoms with Crippen LogP contribution in [-0.2, 0) is 4.79 Å². The fourth-order valence-corrected chi connectivity index (χ4v) is 5.80. The highest BCUT2D eigenvalue weighted by Gasteiger charge is 2.31. The van der Waals surface area contributed by atoms with E-state index in [-0.39, 0.29) is 23.1 Å². The van der Waals surface area contributed by atoms with Gasteiger partial charge in [-0.25, -0.2) is 0 Å². The average Bonchev–Trinajstić information content (AvgIpc) is 2.94. The van der Waals surface area contributed by atoms with Crippen molar-refractivity contribution in [2.75, 3.05) is 36.4 Å². The van der Waals surface area contributed by atoms with Crippen LogP contribution in [0.5, 0.6) is 5.75 Å². The number of piperidine rings is 2. The number of nitrogens with one attached hydrogen (secondary N) is 1. The maximum atomic E-state index is 13.2. The first-order valence-corrected chi connectivity index (χ1v) is 13.8. The molecule has 3 aromatic rings. The Bertz CT molecular complexity index is 1230. The van der Waals surface area contributed by atoms with E-state index in [0.717, 1.165) is 51.9 Å². The fraction of sp³-hybridized carbons (Fsp3) is 0.333. The van der Waals surface area contributed by atoms with E-state index in [1.54, 1.807) is 12.1 Å².